The molecular weight excluding hydrogens is 499 g/mol. The number of carbonyl (C=O) groups excluding carboxylic acids is 2. The van der Waals surface area contributed by atoms with E-state index in [0.717, 1.165) is 21.9 Å². The van der Waals surface area contributed by atoms with Gasteiger partial charge in [0.2, 0.25) is 0 Å². The maximum absolute atomic E-state index is 13.7. The molecule has 1 atom stereocenters. The topological polar surface area (TPSA) is 112 Å². The van der Waals surface area contributed by atoms with E-state index in [4.69, 9.17) is 10.5 Å². The van der Waals surface area contributed by atoms with Crippen LogP contribution in [0.1, 0.15) is 40.5 Å². The smallest absolute Gasteiger partial charge is 0.341 e. The number of benzene rings is 3. The van der Waals surface area contributed by atoms with Crippen molar-refractivity contribution in [3.8, 4) is 5.75 Å². The molecule has 1 heterocycles. The Morgan fingerprint density at radius 1 is 1.13 bits per heavy atom. The van der Waals surface area contributed by atoms with Gasteiger partial charge in [-0.3, -0.25) is 9.59 Å². The van der Waals surface area contributed by atoms with Gasteiger partial charge in [-0.05, 0) is 48.1 Å². The fraction of sp³-hybridized carbons (Fsp3) is 0.194. The van der Waals surface area contributed by atoms with Crippen LogP contribution in [0.2, 0.25) is 0 Å². The maximum Gasteiger partial charge on any atom is 0.341 e. The average Bonchev–Trinajstić information content (AvgIpc) is 3.20. The van der Waals surface area contributed by atoms with E-state index in [1.807, 2.05) is 60.0 Å². The summed E-state index contributed by atoms with van der Waals surface area (Å²) in [6, 6.07) is 17.1. The molecule has 0 saturated carbocycles. The summed E-state index contributed by atoms with van der Waals surface area (Å²) in [5, 5.41) is 11.2. The zero-order valence-electron chi connectivity index (χ0n) is 21.5. The predicted octanol–water partition coefficient (Wildman–Crippen LogP) is 5.35. The Labute approximate surface area is 224 Å². The van der Waals surface area contributed by atoms with Crippen LogP contribution in [0.5, 0.6) is 5.75 Å². The largest absolute Gasteiger partial charge is 0.481 e. The average molecular weight is 527 g/mol. The molecule has 5 rings (SSSR count). The van der Waals surface area contributed by atoms with Crippen molar-refractivity contribution in [2.45, 2.75) is 32.2 Å². The Morgan fingerprint density at radius 2 is 1.90 bits per heavy atom. The zero-order chi connectivity index (χ0) is 27.9. The number of aromatic nitrogens is 1. The molecule has 0 aliphatic heterocycles. The Bertz CT molecular complexity index is 1730. The van der Waals surface area contributed by atoms with Crippen LogP contribution < -0.4 is 10.5 Å². The number of halogens is 1. The highest BCUT2D eigenvalue weighted by atomic mass is 19.1. The zero-order valence-corrected chi connectivity index (χ0v) is 21.5. The molecule has 0 spiro atoms. The first-order chi connectivity index (χ1) is 18.6. The molecule has 1 unspecified atom stereocenters. The molecule has 1 amide bonds. The van der Waals surface area contributed by atoms with Crippen molar-refractivity contribution < 1.29 is 28.6 Å². The second-order valence-corrected chi connectivity index (χ2v) is 9.99. The molecule has 3 N–H and O–H groups in total. The standard InChI is InChI=1S/C31H27FN2O5/c1-18-26(29(37)30(33)38)27-24(39-17-25(35)36)15-20-7-3-4-9-23(20)28(27)34(18)16-19-6-5-8-21(14-19)31(2)12-10-22(32)11-13-31/h3-12,14-15H,13,16-17H2,1-2H3,(H2,33,38)(H,35,36). The molecule has 0 fully saturated rings. The van der Waals surface area contributed by atoms with Gasteiger partial charge in [0, 0.05) is 23.0 Å². The van der Waals surface area contributed by atoms with Crippen molar-refractivity contribution in [1.29, 1.82) is 0 Å². The first-order valence-electron chi connectivity index (χ1n) is 12.5. The Balaban J connectivity index is 1.73. The molecule has 3 aromatic carbocycles. The van der Waals surface area contributed by atoms with Crippen LogP contribution in [-0.4, -0.2) is 33.9 Å². The lowest BCUT2D eigenvalue weighted by Gasteiger charge is -2.28. The van der Waals surface area contributed by atoms with Crippen LogP contribution in [-0.2, 0) is 21.5 Å². The number of carboxylic acids is 1. The van der Waals surface area contributed by atoms with Crippen molar-refractivity contribution in [2.24, 2.45) is 5.73 Å². The highest BCUT2D eigenvalue weighted by Crippen LogP contribution is 2.40. The number of aliphatic carboxylic acids is 1. The summed E-state index contributed by atoms with van der Waals surface area (Å²) in [5.74, 6) is -3.24. The molecular formula is C31H27FN2O5. The van der Waals surface area contributed by atoms with Crippen LogP contribution in [0.3, 0.4) is 0 Å². The van der Waals surface area contributed by atoms with Crippen LogP contribution in [0.4, 0.5) is 4.39 Å². The number of nitrogens with zero attached hydrogens (tertiary/aromatic N) is 1. The Hall–Kier alpha value is -4.72. The summed E-state index contributed by atoms with van der Waals surface area (Å²) in [6.45, 7) is 3.50. The third-order valence-corrected chi connectivity index (χ3v) is 7.33. The van der Waals surface area contributed by atoms with E-state index in [1.54, 1.807) is 19.1 Å². The minimum atomic E-state index is -1.17. The quantitative estimate of drug-likeness (QED) is 0.237. The van der Waals surface area contributed by atoms with E-state index >= 15 is 0 Å². The number of primary amides is 1. The number of ether oxygens (including phenoxy) is 1. The number of Topliss-reactive ketones (excluding diaryl/α,β-unsaturated/α-hetero) is 1. The predicted molar refractivity (Wildman–Crippen MR) is 147 cm³/mol. The van der Waals surface area contributed by atoms with Crippen molar-refractivity contribution in [3.63, 3.8) is 0 Å². The molecule has 0 radical (unpaired) electrons. The van der Waals surface area contributed by atoms with Gasteiger partial charge in [0.25, 0.3) is 11.7 Å². The van der Waals surface area contributed by atoms with E-state index in [2.05, 4.69) is 6.07 Å². The number of hydrogen-bond donors (Lipinski definition) is 2. The van der Waals surface area contributed by atoms with Gasteiger partial charge >= 0.3 is 5.97 Å². The fourth-order valence-corrected chi connectivity index (χ4v) is 5.29. The lowest BCUT2D eigenvalue weighted by molar-refractivity contribution is -0.139. The van der Waals surface area contributed by atoms with E-state index in [1.165, 1.54) is 6.08 Å². The SMILES string of the molecule is Cc1c(C(=O)C(N)=O)c2c(OCC(=O)O)cc3ccccc3c2n1Cc1cccc(C2(C)C=CC(F)=CC2)c1. The molecule has 198 valence electrons. The van der Waals surface area contributed by atoms with E-state index in [9.17, 15) is 23.9 Å². The van der Waals surface area contributed by atoms with E-state index in [0.29, 0.717) is 29.6 Å². The van der Waals surface area contributed by atoms with Crippen molar-refractivity contribution in [2.75, 3.05) is 6.61 Å². The first-order valence-corrected chi connectivity index (χ1v) is 12.5. The van der Waals surface area contributed by atoms with E-state index < -0.39 is 24.3 Å². The number of rotatable bonds is 8. The third kappa shape index (κ3) is 4.69. The van der Waals surface area contributed by atoms with Gasteiger partial charge < -0.3 is 20.1 Å². The van der Waals surface area contributed by atoms with Crippen molar-refractivity contribution in [3.05, 3.63) is 101 Å². The summed E-state index contributed by atoms with van der Waals surface area (Å²) in [6.07, 6.45) is 5.44. The normalized spacial score (nSPS) is 16.8. The molecule has 0 bridgehead atoms. The number of carbonyl (C=O) groups is 3. The highest BCUT2D eigenvalue weighted by Gasteiger charge is 2.29. The maximum atomic E-state index is 13.7. The number of fused-ring (bicyclic) bond motifs is 3. The molecule has 39 heavy (non-hydrogen) atoms. The van der Waals surface area contributed by atoms with Gasteiger partial charge in [-0.15, -0.1) is 0 Å². The number of allylic oxidation sites excluding steroid dienone is 4. The van der Waals surface area contributed by atoms with Gasteiger partial charge in [0.15, 0.2) is 6.61 Å². The number of nitrogens with two attached hydrogens (primary N) is 1. The second-order valence-electron chi connectivity index (χ2n) is 9.99. The summed E-state index contributed by atoms with van der Waals surface area (Å²) < 4.78 is 21.2. The van der Waals surface area contributed by atoms with Crippen LogP contribution in [0.15, 0.2) is 78.7 Å². The molecule has 1 aromatic heterocycles. The fourth-order valence-electron chi connectivity index (χ4n) is 5.29. The van der Waals surface area contributed by atoms with Gasteiger partial charge in [0.1, 0.15) is 11.6 Å². The summed E-state index contributed by atoms with van der Waals surface area (Å²) in [5.41, 5.74) is 8.22. The summed E-state index contributed by atoms with van der Waals surface area (Å²) in [7, 11) is 0. The number of amides is 1. The van der Waals surface area contributed by atoms with Gasteiger partial charge in [-0.25, -0.2) is 9.18 Å². The van der Waals surface area contributed by atoms with Gasteiger partial charge in [-0.2, -0.15) is 0 Å². The molecule has 1 aliphatic rings. The van der Waals surface area contributed by atoms with Gasteiger partial charge in [-0.1, -0.05) is 61.5 Å². The molecule has 7 nitrogen and oxygen atoms in total. The summed E-state index contributed by atoms with van der Waals surface area (Å²) in [4.78, 5) is 36.5. The van der Waals surface area contributed by atoms with Crippen LogP contribution >= 0.6 is 0 Å². The summed E-state index contributed by atoms with van der Waals surface area (Å²) >= 11 is 0. The first kappa shape index (κ1) is 25.9. The number of carboxylic acid groups (broad SMARTS) is 1. The molecule has 4 aromatic rings. The van der Waals surface area contributed by atoms with E-state index in [-0.39, 0.29) is 22.6 Å². The minimum Gasteiger partial charge on any atom is -0.481 e. The molecule has 8 heteroatoms. The Morgan fingerprint density at radius 3 is 2.59 bits per heavy atom. The van der Waals surface area contributed by atoms with Gasteiger partial charge in [0.05, 0.1) is 16.5 Å². The molecule has 0 saturated heterocycles. The monoisotopic (exact) mass is 526 g/mol. The number of ketones is 1. The van der Waals surface area contributed by atoms with Crippen molar-refractivity contribution >= 4 is 39.3 Å². The number of hydrogen-bond acceptors (Lipinski definition) is 4. The van der Waals surface area contributed by atoms with Crippen molar-refractivity contribution in [1.82, 2.24) is 4.57 Å². The minimum absolute atomic E-state index is 0.0857. The Kier molecular flexibility index (Phi) is 6.56. The lowest BCUT2D eigenvalue weighted by Crippen LogP contribution is -2.24. The van der Waals surface area contributed by atoms with Crippen LogP contribution in [0, 0.1) is 6.92 Å². The molecule has 1 aliphatic carbocycles. The highest BCUT2D eigenvalue weighted by molar-refractivity contribution is 6.45. The van der Waals surface area contributed by atoms with Crippen LogP contribution in [0.25, 0.3) is 21.7 Å². The second kappa shape index (κ2) is 9.87. The third-order valence-electron chi connectivity index (χ3n) is 7.33. The lowest BCUT2D eigenvalue weighted by atomic mass is 9.77.